The molecule has 1 aliphatic carbocycles. The maximum absolute atomic E-state index is 12.6. The molecule has 1 saturated carbocycles. The van der Waals surface area contributed by atoms with Gasteiger partial charge in [0.2, 0.25) is 0 Å². The van der Waals surface area contributed by atoms with Crippen LogP contribution >= 0.6 is 0 Å². The van der Waals surface area contributed by atoms with E-state index in [0.717, 1.165) is 5.56 Å². The van der Waals surface area contributed by atoms with Gasteiger partial charge in [-0.25, -0.2) is 0 Å². The largest absolute Gasteiger partial charge is 0.416 e. The van der Waals surface area contributed by atoms with Crippen molar-refractivity contribution in [3.63, 3.8) is 0 Å². The molecule has 3 rings (SSSR count). The van der Waals surface area contributed by atoms with Crippen LogP contribution in [0.25, 0.3) is 0 Å². The number of hydrogen-bond acceptors (Lipinski definition) is 0. The summed E-state index contributed by atoms with van der Waals surface area (Å²) in [5.74, 6) is 0.651. The van der Waals surface area contributed by atoms with E-state index >= 15 is 0 Å². The lowest BCUT2D eigenvalue weighted by atomic mass is 10.0. The minimum absolute atomic E-state index is 0.0844. The van der Waals surface area contributed by atoms with E-state index in [1.54, 1.807) is 12.1 Å². The van der Waals surface area contributed by atoms with Gasteiger partial charge in [0, 0.05) is 0 Å². The molecule has 0 aromatic heterocycles. The van der Waals surface area contributed by atoms with Gasteiger partial charge in [-0.2, -0.15) is 13.2 Å². The smallest absolute Gasteiger partial charge is 0.166 e. The van der Waals surface area contributed by atoms with Gasteiger partial charge < -0.3 is 0 Å². The highest BCUT2D eigenvalue weighted by Gasteiger charge is 2.58. The van der Waals surface area contributed by atoms with Crippen LogP contribution in [0.5, 0.6) is 0 Å². The fourth-order valence-electron chi connectivity index (χ4n) is 3.42. The first-order chi connectivity index (χ1) is 9.82. The van der Waals surface area contributed by atoms with E-state index in [1.807, 2.05) is 18.2 Å². The third-order valence-corrected chi connectivity index (χ3v) is 4.58. The Morgan fingerprint density at radius 3 is 1.71 bits per heavy atom. The third kappa shape index (κ3) is 2.45. The number of alkyl halides is 3. The first-order valence-electron chi connectivity index (χ1n) is 7.04. The van der Waals surface area contributed by atoms with Crippen LogP contribution in [0.1, 0.15) is 42.4 Å². The van der Waals surface area contributed by atoms with E-state index in [0.29, 0.717) is 5.92 Å². The van der Waals surface area contributed by atoms with Gasteiger partial charge in [-0.1, -0.05) is 56.3 Å². The quantitative estimate of drug-likeness (QED) is 0.674. The van der Waals surface area contributed by atoms with Crippen molar-refractivity contribution < 1.29 is 13.2 Å². The molecular formula is C18H17F3. The fraction of sp³-hybridized carbons (Fsp3) is 0.333. The normalized spacial score (nSPS) is 23.9. The molecule has 21 heavy (non-hydrogen) atoms. The molecule has 0 N–H and O–H groups in total. The zero-order chi connectivity index (χ0) is 15.3. The van der Waals surface area contributed by atoms with Crippen molar-refractivity contribution in [2.75, 3.05) is 0 Å². The minimum Gasteiger partial charge on any atom is -0.166 e. The lowest BCUT2D eigenvalue weighted by Crippen LogP contribution is -2.04. The molecule has 0 radical (unpaired) electrons. The molecule has 0 spiro atoms. The van der Waals surface area contributed by atoms with Gasteiger partial charge in [0.15, 0.2) is 0 Å². The molecule has 0 aliphatic heterocycles. The summed E-state index contributed by atoms with van der Waals surface area (Å²) in [6.45, 7) is 4.35. The van der Waals surface area contributed by atoms with Gasteiger partial charge in [-0.05, 0) is 40.5 Å². The van der Waals surface area contributed by atoms with Crippen LogP contribution < -0.4 is 0 Å². The first kappa shape index (κ1) is 14.2. The second-order valence-corrected chi connectivity index (χ2v) is 6.31. The van der Waals surface area contributed by atoms with E-state index in [1.165, 1.54) is 17.7 Å². The zero-order valence-electron chi connectivity index (χ0n) is 12.0. The van der Waals surface area contributed by atoms with Crippen LogP contribution in [0, 0.1) is 5.41 Å². The van der Waals surface area contributed by atoms with Crippen molar-refractivity contribution in [1.82, 2.24) is 0 Å². The monoisotopic (exact) mass is 290 g/mol. The molecule has 0 bridgehead atoms. The van der Waals surface area contributed by atoms with Gasteiger partial charge in [0.05, 0.1) is 5.56 Å². The molecule has 2 aromatic carbocycles. The van der Waals surface area contributed by atoms with Gasteiger partial charge in [-0.15, -0.1) is 0 Å². The van der Waals surface area contributed by atoms with Crippen molar-refractivity contribution in [1.29, 1.82) is 0 Å². The van der Waals surface area contributed by atoms with Crippen LogP contribution in [0.15, 0.2) is 54.6 Å². The number of halogens is 3. The molecule has 0 amide bonds. The Morgan fingerprint density at radius 2 is 1.24 bits per heavy atom. The molecule has 0 saturated heterocycles. The van der Waals surface area contributed by atoms with Crippen molar-refractivity contribution in [3.05, 3.63) is 71.3 Å². The lowest BCUT2D eigenvalue weighted by molar-refractivity contribution is -0.137. The molecule has 2 atom stereocenters. The van der Waals surface area contributed by atoms with Crippen LogP contribution in [0.4, 0.5) is 13.2 Å². The summed E-state index contributed by atoms with van der Waals surface area (Å²) >= 11 is 0. The zero-order valence-corrected chi connectivity index (χ0v) is 12.0. The van der Waals surface area contributed by atoms with E-state index < -0.39 is 11.7 Å². The second kappa shape index (κ2) is 4.62. The molecule has 3 heteroatoms. The maximum atomic E-state index is 12.6. The van der Waals surface area contributed by atoms with Gasteiger partial charge >= 0.3 is 6.18 Å². The summed E-state index contributed by atoms with van der Waals surface area (Å²) in [6.07, 6.45) is -4.27. The van der Waals surface area contributed by atoms with Crippen LogP contribution in [-0.4, -0.2) is 0 Å². The van der Waals surface area contributed by atoms with Crippen LogP contribution in [-0.2, 0) is 6.18 Å². The van der Waals surface area contributed by atoms with Crippen molar-refractivity contribution in [2.45, 2.75) is 31.9 Å². The number of benzene rings is 2. The highest BCUT2D eigenvalue weighted by Crippen LogP contribution is 2.69. The molecule has 1 unspecified atom stereocenters. The summed E-state index contributed by atoms with van der Waals surface area (Å²) in [5.41, 5.74) is 1.75. The van der Waals surface area contributed by atoms with Crippen LogP contribution in [0.2, 0.25) is 0 Å². The first-order valence-corrected chi connectivity index (χ1v) is 7.04. The molecule has 1 aliphatic rings. The van der Waals surface area contributed by atoms with E-state index in [-0.39, 0.29) is 11.3 Å². The maximum Gasteiger partial charge on any atom is 0.416 e. The van der Waals surface area contributed by atoms with Crippen LogP contribution in [0.3, 0.4) is 0 Å². The molecule has 0 heterocycles. The minimum atomic E-state index is -4.27. The Hall–Kier alpha value is -1.77. The van der Waals surface area contributed by atoms with E-state index in [2.05, 4.69) is 26.0 Å². The summed E-state index contributed by atoms with van der Waals surface area (Å²) in [5, 5.41) is 0. The molecule has 1 fully saturated rings. The lowest BCUT2D eigenvalue weighted by Gasteiger charge is -2.08. The Bertz CT molecular complexity index is 624. The second-order valence-electron chi connectivity index (χ2n) is 6.31. The fourth-order valence-corrected chi connectivity index (χ4v) is 3.42. The Morgan fingerprint density at radius 1 is 0.762 bits per heavy atom. The van der Waals surface area contributed by atoms with Crippen molar-refractivity contribution >= 4 is 0 Å². The Labute approximate surface area is 122 Å². The highest BCUT2D eigenvalue weighted by atomic mass is 19.4. The summed E-state index contributed by atoms with van der Waals surface area (Å²) in [7, 11) is 0. The van der Waals surface area contributed by atoms with Crippen molar-refractivity contribution in [2.24, 2.45) is 5.41 Å². The third-order valence-electron chi connectivity index (χ3n) is 4.58. The molecule has 0 nitrogen and oxygen atoms in total. The highest BCUT2D eigenvalue weighted by molar-refractivity contribution is 5.43. The van der Waals surface area contributed by atoms with Gasteiger partial charge in [0.1, 0.15) is 0 Å². The summed E-state index contributed by atoms with van der Waals surface area (Å²) in [4.78, 5) is 0. The van der Waals surface area contributed by atoms with E-state index in [4.69, 9.17) is 0 Å². The number of hydrogen-bond donors (Lipinski definition) is 0. The summed E-state index contributed by atoms with van der Waals surface area (Å²) in [6, 6.07) is 15.8. The molecular weight excluding hydrogens is 273 g/mol. The van der Waals surface area contributed by atoms with Gasteiger partial charge in [-0.3, -0.25) is 0 Å². The Kier molecular flexibility index (Phi) is 3.12. The topological polar surface area (TPSA) is 0 Å². The van der Waals surface area contributed by atoms with Crippen molar-refractivity contribution in [3.8, 4) is 0 Å². The average Bonchev–Trinajstić information content (AvgIpc) is 3.02. The molecule has 2 aromatic rings. The molecule has 110 valence electrons. The number of rotatable bonds is 2. The van der Waals surface area contributed by atoms with Gasteiger partial charge in [0.25, 0.3) is 0 Å². The standard InChI is InChI=1S/C18H17F3/c1-17(2)15(12-6-4-3-5-7-12)16(17)13-8-10-14(11-9-13)18(19,20)21/h3-11,15-16H,1-2H3/t15-,16?/m1/s1. The average molecular weight is 290 g/mol. The predicted molar refractivity (Wildman–Crippen MR) is 77.1 cm³/mol. The Balaban J connectivity index is 1.88. The predicted octanol–water partition coefficient (Wildman–Crippen LogP) is 5.61. The SMILES string of the molecule is CC1(C)C(c2ccc(C(F)(F)F)cc2)[C@H]1c1ccccc1. The van der Waals surface area contributed by atoms with E-state index in [9.17, 15) is 13.2 Å². The summed E-state index contributed by atoms with van der Waals surface area (Å²) < 4.78 is 37.9.